The van der Waals surface area contributed by atoms with E-state index < -0.39 is 11.9 Å². The van der Waals surface area contributed by atoms with E-state index in [0.717, 1.165) is 24.3 Å². The first kappa shape index (κ1) is 25.6. The molecule has 8 heteroatoms. The summed E-state index contributed by atoms with van der Waals surface area (Å²) in [6.45, 7) is 4.12. The lowest BCUT2D eigenvalue weighted by Gasteiger charge is -2.08. The smallest absolute Gasteiger partial charge is 0.343 e. The number of ether oxygens (including phenoxy) is 3. The Labute approximate surface area is 207 Å². The highest BCUT2D eigenvalue weighted by Gasteiger charge is 2.12. The fraction of sp³-hybridized carbons (Fsp3) is 0.148. The molecule has 180 valence electrons. The minimum absolute atomic E-state index is 0.00362. The van der Waals surface area contributed by atoms with Crippen molar-refractivity contribution in [3.05, 3.63) is 96.6 Å². The summed E-state index contributed by atoms with van der Waals surface area (Å²) in [4.78, 5) is 36.5. The van der Waals surface area contributed by atoms with Gasteiger partial charge in [0.15, 0.2) is 0 Å². The Morgan fingerprint density at radius 2 is 1.54 bits per heavy atom. The quantitative estimate of drug-likeness (QED) is 0.124. The molecule has 1 N–H and O–H groups in total. The first-order valence-electron chi connectivity index (χ1n) is 10.8. The normalized spacial score (nSPS) is 10.3. The predicted molar refractivity (Wildman–Crippen MR) is 132 cm³/mol. The Morgan fingerprint density at radius 1 is 0.857 bits per heavy atom. The highest BCUT2D eigenvalue weighted by atomic mass is 32.2. The van der Waals surface area contributed by atoms with E-state index in [-0.39, 0.29) is 16.6 Å². The number of rotatable bonds is 11. The van der Waals surface area contributed by atoms with Gasteiger partial charge in [0.1, 0.15) is 17.2 Å². The zero-order valence-corrected chi connectivity index (χ0v) is 19.7. The molecule has 0 aliphatic carbocycles. The van der Waals surface area contributed by atoms with E-state index in [4.69, 9.17) is 14.2 Å². The number of unbranched alkanes of at least 4 members (excludes halogenated alkanes) is 1. The number of carbonyl (C=O) groups is 3. The second kappa shape index (κ2) is 13.0. The Kier molecular flexibility index (Phi) is 9.50. The molecule has 0 saturated carbocycles. The minimum atomic E-state index is -0.563. The molecule has 0 atom stereocenters. The summed E-state index contributed by atoms with van der Waals surface area (Å²) in [5.74, 6) is -0.113. The lowest BCUT2D eigenvalue weighted by atomic mass is 10.2. The van der Waals surface area contributed by atoms with Crippen molar-refractivity contribution >= 4 is 28.8 Å². The predicted octanol–water partition coefficient (Wildman–Crippen LogP) is 5.43. The third-order valence-corrected chi connectivity index (χ3v) is 5.57. The zero-order chi connectivity index (χ0) is 25.0. The first-order valence-corrected chi connectivity index (χ1v) is 11.6. The van der Waals surface area contributed by atoms with Gasteiger partial charge in [-0.25, -0.2) is 9.59 Å². The van der Waals surface area contributed by atoms with Gasteiger partial charge in [-0.05, 0) is 85.3 Å². The topological polar surface area (TPSA) is 99.1 Å². The van der Waals surface area contributed by atoms with Crippen LogP contribution in [0.25, 0.3) is 0 Å². The molecule has 0 aliphatic heterocycles. The van der Waals surface area contributed by atoms with Gasteiger partial charge >= 0.3 is 11.9 Å². The van der Waals surface area contributed by atoms with Crippen LogP contribution in [0.2, 0.25) is 0 Å². The van der Waals surface area contributed by atoms with Crippen LogP contribution in [0.4, 0.5) is 0 Å². The summed E-state index contributed by atoms with van der Waals surface area (Å²) < 4.78 is 15.8. The summed E-state index contributed by atoms with van der Waals surface area (Å²) in [6, 6.07) is 19.3. The Morgan fingerprint density at radius 3 is 2.23 bits per heavy atom. The van der Waals surface area contributed by atoms with Gasteiger partial charge in [-0.15, -0.1) is 0 Å². The van der Waals surface area contributed by atoms with Crippen LogP contribution in [0.1, 0.15) is 33.6 Å². The average molecular weight is 493 g/mol. The van der Waals surface area contributed by atoms with Crippen molar-refractivity contribution in [2.24, 2.45) is 0 Å². The van der Waals surface area contributed by atoms with Gasteiger partial charge in [0.25, 0.3) is 0 Å². The fourth-order valence-electron chi connectivity index (χ4n) is 2.85. The van der Waals surface area contributed by atoms with E-state index in [1.807, 2.05) is 0 Å². The number of phenolic OH excluding ortho intramolecular Hbond substituents is 1. The number of thioether (sulfide) groups is 1. The largest absolute Gasteiger partial charge is 0.508 e. The third-order valence-electron chi connectivity index (χ3n) is 4.64. The number of phenols is 1. The van der Waals surface area contributed by atoms with Gasteiger partial charge in [0.05, 0.1) is 18.8 Å². The molecule has 0 spiro atoms. The minimum Gasteiger partial charge on any atom is -0.508 e. The summed E-state index contributed by atoms with van der Waals surface area (Å²) in [5.41, 5.74) is 0.844. The second-order valence-corrected chi connectivity index (χ2v) is 8.30. The molecule has 3 aromatic carbocycles. The van der Waals surface area contributed by atoms with Crippen molar-refractivity contribution in [1.82, 2.24) is 0 Å². The molecule has 3 aromatic rings. The zero-order valence-electron chi connectivity index (χ0n) is 18.8. The van der Waals surface area contributed by atoms with Crippen molar-refractivity contribution in [1.29, 1.82) is 0 Å². The maximum Gasteiger partial charge on any atom is 0.343 e. The first-order chi connectivity index (χ1) is 16.9. The molecule has 35 heavy (non-hydrogen) atoms. The molecular weight excluding hydrogens is 468 g/mol. The van der Waals surface area contributed by atoms with Crippen LogP contribution in [-0.2, 0) is 9.53 Å². The van der Waals surface area contributed by atoms with Crippen LogP contribution in [0.5, 0.6) is 17.2 Å². The van der Waals surface area contributed by atoms with E-state index in [1.165, 1.54) is 12.1 Å². The van der Waals surface area contributed by atoms with Crippen molar-refractivity contribution in [3.63, 3.8) is 0 Å². The molecule has 0 aliphatic rings. The van der Waals surface area contributed by atoms with Crippen LogP contribution in [0, 0.1) is 0 Å². The van der Waals surface area contributed by atoms with Crippen LogP contribution < -0.4 is 9.47 Å². The third kappa shape index (κ3) is 8.35. The molecule has 0 fully saturated rings. The number of aromatic hydroxyl groups is 1. The van der Waals surface area contributed by atoms with E-state index in [9.17, 15) is 19.5 Å². The van der Waals surface area contributed by atoms with Crippen LogP contribution >= 0.6 is 11.8 Å². The second-order valence-electron chi connectivity index (χ2n) is 7.25. The standard InChI is InChI=1S/C27H24O7S/c1-2-25(29)33-17-4-3-16-32-22-12-8-20(9-13-22)27(31)35-24-14-10-19(11-15-24)26(30)34-23-7-5-6-21(28)18-23/h2,5-15,18,28H,1,3-4,16-17H2. The number of hydrogen-bond acceptors (Lipinski definition) is 8. The molecule has 0 radical (unpaired) electrons. The molecule has 0 aromatic heterocycles. The summed E-state index contributed by atoms with van der Waals surface area (Å²) in [6.07, 6.45) is 2.53. The maximum absolute atomic E-state index is 12.6. The van der Waals surface area contributed by atoms with Gasteiger partial charge in [0, 0.05) is 22.6 Å². The number of carbonyl (C=O) groups excluding carboxylic acids is 3. The number of benzene rings is 3. The average Bonchev–Trinajstić information content (AvgIpc) is 2.86. The van der Waals surface area contributed by atoms with Gasteiger partial charge < -0.3 is 19.3 Å². The lowest BCUT2D eigenvalue weighted by Crippen LogP contribution is -2.08. The monoisotopic (exact) mass is 492 g/mol. The summed E-state index contributed by atoms with van der Waals surface area (Å²) in [5, 5.41) is 9.32. The molecule has 0 unspecified atom stereocenters. The van der Waals surface area contributed by atoms with E-state index >= 15 is 0 Å². The van der Waals surface area contributed by atoms with Crippen LogP contribution in [0.15, 0.2) is 90.3 Å². The molecule has 0 bridgehead atoms. The lowest BCUT2D eigenvalue weighted by molar-refractivity contribution is -0.137. The number of esters is 2. The SMILES string of the molecule is C=CC(=O)OCCCCOc1ccc(C(=O)Sc2ccc(C(=O)Oc3cccc(O)c3)cc2)cc1. The van der Waals surface area contributed by atoms with Gasteiger partial charge in [-0.2, -0.15) is 0 Å². The highest BCUT2D eigenvalue weighted by molar-refractivity contribution is 8.14. The van der Waals surface area contributed by atoms with Gasteiger partial charge in [-0.3, -0.25) is 4.79 Å². The Balaban J connectivity index is 1.44. The molecule has 0 saturated heterocycles. The van der Waals surface area contributed by atoms with Gasteiger partial charge in [-0.1, -0.05) is 12.6 Å². The summed E-state index contributed by atoms with van der Waals surface area (Å²) >= 11 is 1.05. The van der Waals surface area contributed by atoms with Crippen LogP contribution in [0.3, 0.4) is 0 Å². The van der Waals surface area contributed by atoms with Crippen LogP contribution in [-0.4, -0.2) is 35.4 Å². The molecule has 0 amide bonds. The van der Waals surface area contributed by atoms with Crippen molar-refractivity contribution in [3.8, 4) is 17.2 Å². The van der Waals surface area contributed by atoms with Gasteiger partial charge in [0.2, 0.25) is 5.12 Å². The van der Waals surface area contributed by atoms with Crippen molar-refractivity contribution in [2.75, 3.05) is 13.2 Å². The Bertz CT molecular complexity index is 1170. The molecule has 0 heterocycles. The molecule has 3 rings (SSSR count). The summed E-state index contributed by atoms with van der Waals surface area (Å²) in [7, 11) is 0. The van der Waals surface area contributed by atoms with Crippen molar-refractivity contribution in [2.45, 2.75) is 17.7 Å². The van der Waals surface area contributed by atoms with E-state index in [2.05, 4.69) is 6.58 Å². The molecular formula is C27H24O7S. The number of hydrogen-bond donors (Lipinski definition) is 1. The van der Waals surface area contributed by atoms with E-state index in [0.29, 0.717) is 41.4 Å². The van der Waals surface area contributed by atoms with Crippen molar-refractivity contribution < 1.29 is 33.7 Å². The Hall–Kier alpha value is -4.04. The maximum atomic E-state index is 12.6. The van der Waals surface area contributed by atoms with E-state index in [1.54, 1.807) is 60.7 Å². The fourth-order valence-corrected chi connectivity index (χ4v) is 3.59. The molecule has 7 nitrogen and oxygen atoms in total. The highest BCUT2D eigenvalue weighted by Crippen LogP contribution is 2.25.